The Hall–Kier alpha value is -2.48. The zero-order valence-corrected chi connectivity index (χ0v) is 18.0. The smallest absolute Gasteiger partial charge is 0.410 e. The predicted octanol–water partition coefficient (Wildman–Crippen LogP) is 3.86. The second-order valence-corrected chi connectivity index (χ2v) is 9.20. The van der Waals surface area contributed by atoms with Crippen molar-refractivity contribution in [1.29, 1.82) is 0 Å². The summed E-state index contributed by atoms with van der Waals surface area (Å²) in [6.07, 6.45) is 5.32. The molecule has 3 heterocycles. The summed E-state index contributed by atoms with van der Waals surface area (Å²) in [7, 11) is 0. The number of nitrogens with zero attached hydrogens (tertiary/aromatic N) is 3. The van der Waals surface area contributed by atoms with Gasteiger partial charge in [0.25, 0.3) is 0 Å². The zero-order chi connectivity index (χ0) is 20.9. The first kappa shape index (κ1) is 21.2. The number of ether oxygens (including phenoxy) is 1. The van der Waals surface area contributed by atoms with E-state index in [0.29, 0.717) is 26.1 Å². The quantitative estimate of drug-likeness (QED) is 0.800. The molecular formula is C21H28N4O3S. The zero-order valence-electron chi connectivity index (χ0n) is 17.2. The first-order valence-corrected chi connectivity index (χ1v) is 10.8. The van der Waals surface area contributed by atoms with Crippen molar-refractivity contribution < 1.29 is 14.3 Å². The van der Waals surface area contributed by atoms with E-state index in [-0.39, 0.29) is 17.9 Å². The van der Waals surface area contributed by atoms with Crippen molar-refractivity contribution in [1.82, 2.24) is 20.2 Å². The molecule has 0 saturated carbocycles. The molecule has 1 aliphatic rings. The molecule has 1 N–H and O–H groups in total. The van der Waals surface area contributed by atoms with E-state index in [4.69, 9.17) is 4.74 Å². The van der Waals surface area contributed by atoms with Crippen LogP contribution < -0.4 is 5.32 Å². The van der Waals surface area contributed by atoms with Gasteiger partial charge >= 0.3 is 6.09 Å². The van der Waals surface area contributed by atoms with Crippen LogP contribution in [0.4, 0.5) is 4.79 Å². The molecule has 29 heavy (non-hydrogen) atoms. The molecule has 0 aliphatic carbocycles. The van der Waals surface area contributed by atoms with Gasteiger partial charge in [0.05, 0.1) is 12.2 Å². The molecule has 2 aromatic heterocycles. The highest BCUT2D eigenvalue weighted by Crippen LogP contribution is 2.23. The third kappa shape index (κ3) is 6.52. The number of carbonyl (C=O) groups is 2. The van der Waals surface area contributed by atoms with Crippen molar-refractivity contribution in [3.05, 3.63) is 34.9 Å². The summed E-state index contributed by atoms with van der Waals surface area (Å²) in [4.78, 5) is 34.8. The summed E-state index contributed by atoms with van der Waals surface area (Å²) in [5.41, 5.74) is 1.43. The van der Waals surface area contributed by atoms with Crippen molar-refractivity contribution in [2.45, 2.75) is 52.2 Å². The average Bonchev–Trinajstić information content (AvgIpc) is 3.15. The van der Waals surface area contributed by atoms with Gasteiger partial charge in [-0.05, 0) is 51.7 Å². The number of carbonyl (C=O) groups excluding carboxylic acids is 2. The SMILES string of the molecule is CC(C)(C)OC(=O)N1CCC(CC(=O)NCc2nc(-c3ccncc3)cs2)CC1. The number of likely N-dealkylation sites (tertiary alicyclic amines) is 1. The number of pyridine rings is 1. The molecule has 2 aromatic rings. The second kappa shape index (κ2) is 9.35. The van der Waals surface area contributed by atoms with Gasteiger partial charge in [-0.25, -0.2) is 9.78 Å². The van der Waals surface area contributed by atoms with Crippen LogP contribution in [0.2, 0.25) is 0 Å². The lowest BCUT2D eigenvalue weighted by molar-refractivity contribution is -0.122. The molecule has 0 unspecified atom stereocenters. The van der Waals surface area contributed by atoms with Crippen molar-refractivity contribution in [2.24, 2.45) is 5.92 Å². The van der Waals surface area contributed by atoms with Crippen LogP contribution in [-0.2, 0) is 16.1 Å². The van der Waals surface area contributed by atoms with E-state index >= 15 is 0 Å². The summed E-state index contributed by atoms with van der Waals surface area (Å²) in [5, 5.41) is 5.84. The van der Waals surface area contributed by atoms with Crippen molar-refractivity contribution in [2.75, 3.05) is 13.1 Å². The molecule has 0 atom stereocenters. The molecule has 7 nitrogen and oxygen atoms in total. The first-order chi connectivity index (χ1) is 13.8. The molecule has 0 spiro atoms. The fourth-order valence-electron chi connectivity index (χ4n) is 3.20. The van der Waals surface area contributed by atoms with Gasteiger partial charge in [-0.2, -0.15) is 0 Å². The van der Waals surface area contributed by atoms with E-state index in [1.165, 1.54) is 11.3 Å². The fourth-order valence-corrected chi connectivity index (χ4v) is 3.95. The molecule has 3 rings (SSSR count). The predicted molar refractivity (Wildman–Crippen MR) is 112 cm³/mol. The van der Waals surface area contributed by atoms with Crippen LogP contribution in [0.15, 0.2) is 29.9 Å². The summed E-state index contributed by atoms with van der Waals surface area (Å²) >= 11 is 1.54. The first-order valence-electron chi connectivity index (χ1n) is 9.89. The molecule has 1 aliphatic heterocycles. The lowest BCUT2D eigenvalue weighted by Gasteiger charge is -2.33. The average molecular weight is 417 g/mol. The lowest BCUT2D eigenvalue weighted by atomic mass is 9.93. The molecule has 8 heteroatoms. The molecule has 1 fully saturated rings. The Morgan fingerprint density at radius 3 is 2.59 bits per heavy atom. The summed E-state index contributed by atoms with van der Waals surface area (Å²) in [6, 6.07) is 3.84. The number of thiazole rings is 1. The van der Waals surface area contributed by atoms with Gasteiger partial charge in [-0.15, -0.1) is 11.3 Å². The number of nitrogens with one attached hydrogen (secondary N) is 1. The molecular weight excluding hydrogens is 388 g/mol. The Balaban J connectivity index is 1.40. The van der Waals surface area contributed by atoms with Gasteiger partial charge < -0.3 is 15.0 Å². The van der Waals surface area contributed by atoms with Gasteiger partial charge in [0.15, 0.2) is 0 Å². The van der Waals surface area contributed by atoms with Gasteiger partial charge in [0, 0.05) is 42.8 Å². The normalized spacial score (nSPS) is 15.2. The minimum Gasteiger partial charge on any atom is -0.444 e. The van der Waals surface area contributed by atoms with Crippen LogP contribution >= 0.6 is 11.3 Å². The van der Waals surface area contributed by atoms with Gasteiger partial charge in [0.1, 0.15) is 10.6 Å². The van der Waals surface area contributed by atoms with E-state index < -0.39 is 5.60 Å². The molecule has 156 valence electrons. The minimum absolute atomic E-state index is 0.0291. The maximum atomic E-state index is 12.3. The monoisotopic (exact) mass is 416 g/mol. The van der Waals surface area contributed by atoms with Crippen LogP contribution in [-0.4, -0.2) is 45.6 Å². The van der Waals surface area contributed by atoms with E-state index in [2.05, 4.69) is 15.3 Å². The van der Waals surface area contributed by atoms with Gasteiger partial charge in [-0.1, -0.05) is 0 Å². The highest BCUT2D eigenvalue weighted by Gasteiger charge is 2.27. The maximum Gasteiger partial charge on any atom is 0.410 e. The number of hydrogen-bond acceptors (Lipinski definition) is 6. The Kier molecular flexibility index (Phi) is 6.84. The number of piperidine rings is 1. The molecule has 0 aromatic carbocycles. The standard InChI is InChI=1S/C21H28N4O3S/c1-21(2,3)28-20(27)25-10-6-15(7-11-25)12-18(26)23-13-19-24-17(14-29-19)16-4-8-22-9-5-16/h4-5,8-9,14-15H,6-7,10-13H2,1-3H3,(H,23,26). The Labute approximate surface area is 175 Å². The number of amides is 2. The van der Waals surface area contributed by atoms with E-state index in [9.17, 15) is 9.59 Å². The van der Waals surface area contributed by atoms with E-state index in [0.717, 1.165) is 29.1 Å². The molecule has 0 radical (unpaired) electrons. The van der Waals surface area contributed by atoms with E-state index in [1.54, 1.807) is 17.3 Å². The summed E-state index contributed by atoms with van der Waals surface area (Å²) in [5.74, 6) is 0.318. The van der Waals surface area contributed by atoms with Crippen LogP contribution in [0.25, 0.3) is 11.3 Å². The van der Waals surface area contributed by atoms with Crippen molar-refractivity contribution in [3.8, 4) is 11.3 Å². The van der Waals surface area contributed by atoms with Crippen LogP contribution in [0, 0.1) is 5.92 Å². The largest absolute Gasteiger partial charge is 0.444 e. The lowest BCUT2D eigenvalue weighted by Crippen LogP contribution is -2.42. The number of hydrogen-bond donors (Lipinski definition) is 1. The summed E-state index contributed by atoms with van der Waals surface area (Å²) < 4.78 is 5.41. The van der Waals surface area contributed by atoms with Gasteiger partial charge in [-0.3, -0.25) is 9.78 Å². The van der Waals surface area contributed by atoms with Crippen molar-refractivity contribution >= 4 is 23.3 Å². The second-order valence-electron chi connectivity index (χ2n) is 8.25. The molecule has 0 bridgehead atoms. The van der Waals surface area contributed by atoms with Crippen LogP contribution in [0.3, 0.4) is 0 Å². The molecule has 1 saturated heterocycles. The highest BCUT2D eigenvalue weighted by atomic mass is 32.1. The third-order valence-corrected chi connectivity index (χ3v) is 5.55. The minimum atomic E-state index is -0.485. The molecule has 2 amide bonds. The number of aromatic nitrogens is 2. The topological polar surface area (TPSA) is 84.4 Å². The third-order valence-electron chi connectivity index (χ3n) is 4.70. The highest BCUT2D eigenvalue weighted by molar-refractivity contribution is 7.09. The van der Waals surface area contributed by atoms with Crippen LogP contribution in [0.1, 0.15) is 45.0 Å². The van der Waals surface area contributed by atoms with Crippen molar-refractivity contribution in [3.63, 3.8) is 0 Å². The summed E-state index contributed by atoms with van der Waals surface area (Å²) in [6.45, 7) is 7.30. The Bertz CT molecular complexity index is 824. The van der Waals surface area contributed by atoms with Crippen LogP contribution in [0.5, 0.6) is 0 Å². The Morgan fingerprint density at radius 2 is 1.93 bits per heavy atom. The Morgan fingerprint density at radius 1 is 1.24 bits per heavy atom. The van der Waals surface area contributed by atoms with E-state index in [1.807, 2.05) is 38.3 Å². The maximum absolute atomic E-state index is 12.3. The van der Waals surface area contributed by atoms with Gasteiger partial charge in [0.2, 0.25) is 5.91 Å². The fraction of sp³-hybridized carbons (Fsp3) is 0.524. The number of rotatable bonds is 5.